The zero-order valence-electron chi connectivity index (χ0n) is 16.7. The molecule has 0 bridgehead atoms. The van der Waals surface area contributed by atoms with E-state index in [-0.39, 0.29) is 5.91 Å². The van der Waals surface area contributed by atoms with Gasteiger partial charge in [0, 0.05) is 50.7 Å². The first-order chi connectivity index (χ1) is 14.2. The molecule has 0 spiro atoms. The van der Waals surface area contributed by atoms with Crippen LogP contribution in [-0.4, -0.2) is 58.3 Å². The minimum Gasteiger partial charge on any atom is -0.494 e. The lowest BCUT2D eigenvalue weighted by molar-refractivity contribution is 0.0628. The van der Waals surface area contributed by atoms with Crippen molar-refractivity contribution in [2.75, 3.05) is 32.8 Å². The summed E-state index contributed by atoms with van der Waals surface area (Å²) in [5, 5.41) is 4.22. The molecular formula is C23H26N4O2. The van der Waals surface area contributed by atoms with Crippen LogP contribution >= 0.6 is 0 Å². The lowest BCUT2D eigenvalue weighted by atomic mass is 10.1. The smallest absolute Gasteiger partial charge is 0.253 e. The molecule has 1 aromatic heterocycles. The number of carbonyl (C=O) groups is 1. The molecular weight excluding hydrogens is 364 g/mol. The summed E-state index contributed by atoms with van der Waals surface area (Å²) in [6.45, 7) is 6.82. The van der Waals surface area contributed by atoms with Gasteiger partial charge in [0.15, 0.2) is 0 Å². The van der Waals surface area contributed by atoms with Gasteiger partial charge in [0.25, 0.3) is 5.91 Å². The molecule has 2 heterocycles. The van der Waals surface area contributed by atoms with Crippen molar-refractivity contribution < 1.29 is 9.53 Å². The van der Waals surface area contributed by atoms with Crippen LogP contribution in [-0.2, 0) is 6.54 Å². The van der Waals surface area contributed by atoms with Crippen molar-refractivity contribution >= 4 is 5.91 Å². The third-order valence-electron chi connectivity index (χ3n) is 5.18. The van der Waals surface area contributed by atoms with Crippen LogP contribution in [0.4, 0.5) is 0 Å². The van der Waals surface area contributed by atoms with E-state index in [2.05, 4.69) is 22.1 Å². The Labute approximate surface area is 171 Å². The Morgan fingerprint density at radius 3 is 2.34 bits per heavy atom. The fourth-order valence-corrected chi connectivity index (χ4v) is 3.59. The third kappa shape index (κ3) is 4.66. The van der Waals surface area contributed by atoms with Gasteiger partial charge in [-0.05, 0) is 55.0 Å². The van der Waals surface area contributed by atoms with E-state index in [9.17, 15) is 4.79 Å². The fraction of sp³-hybridized carbons (Fsp3) is 0.304. The minimum absolute atomic E-state index is 0.0951. The van der Waals surface area contributed by atoms with E-state index in [1.165, 1.54) is 5.56 Å². The lowest BCUT2D eigenvalue weighted by Crippen LogP contribution is -2.48. The van der Waals surface area contributed by atoms with E-state index in [1.807, 2.05) is 60.5 Å². The largest absolute Gasteiger partial charge is 0.494 e. The maximum absolute atomic E-state index is 12.8. The van der Waals surface area contributed by atoms with Gasteiger partial charge in [-0.25, -0.2) is 4.68 Å². The zero-order chi connectivity index (χ0) is 20.1. The number of nitrogens with zero attached hydrogens (tertiary/aromatic N) is 4. The Morgan fingerprint density at radius 1 is 1.00 bits per heavy atom. The summed E-state index contributed by atoms with van der Waals surface area (Å²) >= 11 is 0. The predicted octanol–water partition coefficient (Wildman–Crippen LogP) is 3.23. The number of rotatable bonds is 6. The number of piperazine rings is 1. The summed E-state index contributed by atoms with van der Waals surface area (Å²) in [6, 6.07) is 17.8. The highest BCUT2D eigenvalue weighted by molar-refractivity contribution is 5.94. The maximum Gasteiger partial charge on any atom is 0.253 e. The van der Waals surface area contributed by atoms with E-state index in [0.29, 0.717) is 6.61 Å². The monoisotopic (exact) mass is 390 g/mol. The van der Waals surface area contributed by atoms with E-state index >= 15 is 0 Å². The number of benzene rings is 2. The van der Waals surface area contributed by atoms with Gasteiger partial charge < -0.3 is 9.64 Å². The van der Waals surface area contributed by atoms with E-state index in [4.69, 9.17) is 4.74 Å². The van der Waals surface area contributed by atoms with Crippen molar-refractivity contribution in [3.05, 3.63) is 78.1 Å². The first-order valence-corrected chi connectivity index (χ1v) is 10.1. The second kappa shape index (κ2) is 8.92. The molecule has 0 radical (unpaired) electrons. The lowest BCUT2D eigenvalue weighted by Gasteiger charge is -2.34. The Balaban J connectivity index is 1.30. The highest BCUT2D eigenvalue weighted by atomic mass is 16.5. The molecule has 6 heteroatoms. The normalized spacial score (nSPS) is 14.7. The molecule has 1 saturated heterocycles. The van der Waals surface area contributed by atoms with Crippen molar-refractivity contribution in [3.8, 4) is 11.4 Å². The van der Waals surface area contributed by atoms with E-state index in [0.717, 1.165) is 49.7 Å². The number of aromatic nitrogens is 2. The van der Waals surface area contributed by atoms with Crippen LogP contribution in [0.1, 0.15) is 22.8 Å². The molecule has 1 amide bonds. The van der Waals surface area contributed by atoms with Gasteiger partial charge in [0.1, 0.15) is 5.75 Å². The molecule has 1 fully saturated rings. The summed E-state index contributed by atoms with van der Waals surface area (Å²) in [6.07, 6.45) is 3.63. The number of amides is 1. The quantitative estimate of drug-likeness (QED) is 0.648. The second-order valence-corrected chi connectivity index (χ2v) is 7.14. The van der Waals surface area contributed by atoms with Gasteiger partial charge in [0.2, 0.25) is 0 Å². The number of ether oxygens (including phenoxy) is 1. The molecule has 150 valence electrons. The molecule has 1 aliphatic heterocycles. The van der Waals surface area contributed by atoms with Gasteiger partial charge >= 0.3 is 0 Å². The molecule has 2 aromatic carbocycles. The van der Waals surface area contributed by atoms with E-state index in [1.54, 1.807) is 10.9 Å². The summed E-state index contributed by atoms with van der Waals surface area (Å²) < 4.78 is 7.28. The van der Waals surface area contributed by atoms with Crippen molar-refractivity contribution in [3.63, 3.8) is 0 Å². The summed E-state index contributed by atoms with van der Waals surface area (Å²) in [7, 11) is 0. The summed E-state index contributed by atoms with van der Waals surface area (Å²) in [4.78, 5) is 17.2. The topological polar surface area (TPSA) is 50.6 Å². The molecule has 4 rings (SSSR count). The van der Waals surface area contributed by atoms with Crippen LogP contribution in [0.15, 0.2) is 67.0 Å². The number of carbonyl (C=O) groups excluding carboxylic acids is 1. The summed E-state index contributed by atoms with van der Waals surface area (Å²) in [5.41, 5.74) is 2.94. The van der Waals surface area contributed by atoms with Gasteiger partial charge in [0.05, 0.1) is 12.3 Å². The molecule has 0 N–H and O–H groups in total. The highest BCUT2D eigenvalue weighted by Gasteiger charge is 2.22. The molecule has 0 atom stereocenters. The van der Waals surface area contributed by atoms with Crippen LogP contribution in [0.3, 0.4) is 0 Å². The van der Waals surface area contributed by atoms with Gasteiger partial charge in [-0.2, -0.15) is 5.10 Å². The average Bonchev–Trinajstić information content (AvgIpc) is 3.31. The number of hydrogen-bond donors (Lipinski definition) is 0. The Bertz CT molecular complexity index is 913. The Hall–Kier alpha value is -3.12. The molecule has 0 aliphatic carbocycles. The third-order valence-corrected chi connectivity index (χ3v) is 5.18. The number of hydrogen-bond acceptors (Lipinski definition) is 4. The highest BCUT2D eigenvalue weighted by Crippen LogP contribution is 2.16. The molecule has 1 aliphatic rings. The first kappa shape index (κ1) is 19.2. The van der Waals surface area contributed by atoms with Gasteiger partial charge in [-0.3, -0.25) is 9.69 Å². The second-order valence-electron chi connectivity index (χ2n) is 7.14. The van der Waals surface area contributed by atoms with Gasteiger partial charge in [-0.15, -0.1) is 0 Å². The molecule has 6 nitrogen and oxygen atoms in total. The average molecular weight is 390 g/mol. The Kier molecular flexibility index (Phi) is 5.91. The van der Waals surface area contributed by atoms with E-state index < -0.39 is 0 Å². The standard InChI is InChI=1S/C23H26N4O2/c1-2-29-22-10-4-19(5-11-22)18-25-14-16-26(17-15-25)23(28)20-6-8-21(9-7-20)27-13-3-12-24-27/h3-13H,2,14-18H2,1H3. The van der Waals surface area contributed by atoms with Crippen LogP contribution in [0.25, 0.3) is 5.69 Å². The molecule has 29 heavy (non-hydrogen) atoms. The van der Waals surface area contributed by atoms with Gasteiger partial charge in [-0.1, -0.05) is 12.1 Å². The van der Waals surface area contributed by atoms with Crippen LogP contribution in [0, 0.1) is 0 Å². The van der Waals surface area contributed by atoms with Crippen LogP contribution in [0.2, 0.25) is 0 Å². The van der Waals surface area contributed by atoms with Crippen molar-refractivity contribution in [2.45, 2.75) is 13.5 Å². The van der Waals surface area contributed by atoms with Crippen molar-refractivity contribution in [1.82, 2.24) is 19.6 Å². The molecule has 3 aromatic rings. The first-order valence-electron chi connectivity index (χ1n) is 10.1. The maximum atomic E-state index is 12.8. The molecule has 0 saturated carbocycles. The summed E-state index contributed by atoms with van der Waals surface area (Å²) in [5.74, 6) is 1.00. The van der Waals surface area contributed by atoms with Crippen molar-refractivity contribution in [1.29, 1.82) is 0 Å². The minimum atomic E-state index is 0.0951. The van der Waals surface area contributed by atoms with Crippen LogP contribution < -0.4 is 4.74 Å². The fourth-order valence-electron chi connectivity index (χ4n) is 3.59. The Morgan fingerprint density at radius 2 is 1.72 bits per heavy atom. The van der Waals surface area contributed by atoms with Crippen LogP contribution in [0.5, 0.6) is 5.75 Å². The van der Waals surface area contributed by atoms with Crippen molar-refractivity contribution in [2.24, 2.45) is 0 Å². The SMILES string of the molecule is CCOc1ccc(CN2CCN(C(=O)c3ccc(-n4cccn4)cc3)CC2)cc1. The predicted molar refractivity (Wildman–Crippen MR) is 112 cm³/mol. The molecule has 0 unspecified atom stereocenters. The zero-order valence-corrected chi connectivity index (χ0v) is 16.7.